The van der Waals surface area contributed by atoms with Gasteiger partial charge in [0.1, 0.15) is 6.10 Å². The predicted molar refractivity (Wildman–Crippen MR) is 89.3 cm³/mol. The number of rotatable bonds is 2. The van der Waals surface area contributed by atoms with E-state index in [-0.39, 0.29) is 48.3 Å². The van der Waals surface area contributed by atoms with Crippen molar-refractivity contribution in [2.45, 2.75) is 39.3 Å². The summed E-state index contributed by atoms with van der Waals surface area (Å²) in [5.74, 6) is 0.137. The van der Waals surface area contributed by atoms with Crippen LogP contribution in [-0.2, 0) is 9.53 Å². The van der Waals surface area contributed by atoms with Crippen molar-refractivity contribution in [1.29, 1.82) is 0 Å². The second-order valence-electron chi connectivity index (χ2n) is 6.40. The van der Waals surface area contributed by atoms with Gasteiger partial charge in [-0.05, 0) is 18.4 Å². The number of likely N-dealkylation sites (tertiary alicyclic amines) is 1. The molecule has 2 fully saturated rings. The molecular weight excluding hydrogens is 313 g/mol. The van der Waals surface area contributed by atoms with Crippen LogP contribution in [0.1, 0.15) is 27.2 Å². The Balaban J connectivity index is 0.00000200. The summed E-state index contributed by atoms with van der Waals surface area (Å²) in [7, 11) is 0. The van der Waals surface area contributed by atoms with Gasteiger partial charge in [0.05, 0.1) is 6.61 Å². The van der Waals surface area contributed by atoms with Gasteiger partial charge >= 0.3 is 0 Å². The van der Waals surface area contributed by atoms with Crippen molar-refractivity contribution in [2.75, 3.05) is 39.3 Å². The number of likely N-dealkylation sites (N-methyl/N-ethyl adjacent to an activating group) is 1. The van der Waals surface area contributed by atoms with Gasteiger partial charge in [-0.15, -0.1) is 24.8 Å². The van der Waals surface area contributed by atoms with Gasteiger partial charge in [-0.1, -0.05) is 20.8 Å². The van der Waals surface area contributed by atoms with Gasteiger partial charge < -0.3 is 15.4 Å². The summed E-state index contributed by atoms with van der Waals surface area (Å²) < 4.78 is 5.66. The van der Waals surface area contributed by atoms with E-state index in [2.05, 4.69) is 25.7 Å². The van der Waals surface area contributed by atoms with Crippen molar-refractivity contribution in [2.24, 2.45) is 11.1 Å². The number of nitrogens with zero attached hydrogens (tertiary/aromatic N) is 2. The Morgan fingerprint density at radius 2 is 2.00 bits per heavy atom. The quantitative estimate of drug-likeness (QED) is 0.818. The first-order valence-electron chi connectivity index (χ1n) is 7.32. The van der Waals surface area contributed by atoms with E-state index in [0.29, 0.717) is 6.61 Å². The number of hydrogen-bond acceptors (Lipinski definition) is 4. The lowest BCUT2D eigenvalue weighted by molar-refractivity contribution is -0.152. The largest absolute Gasteiger partial charge is 0.366 e. The first kappa shape index (κ1) is 20.9. The third kappa shape index (κ3) is 4.96. The fourth-order valence-electron chi connectivity index (χ4n) is 2.90. The number of carbonyl (C=O) groups is 1. The molecule has 0 spiro atoms. The number of amides is 1. The highest BCUT2D eigenvalue weighted by Gasteiger charge is 2.38. The maximum Gasteiger partial charge on any atom is 0.253 e. The molecule has 2 aliphatic rings. The molecule has 0 saturated carbocycles. The number of morpholine rings is 1. The average Bonchev–Trinajstić information content (AvgIpc) is 2.41. The van der Waals surface area contributed by atoms with Gasteiger partial charge in [-0.3, -0.25) is 9.69 Å². The van der Waals surface area contributed by atoms with E-state index >= 15 is 0 Å². The highest BCUT2D eigenvalue weighted by atomic mass is 35.5. The Morgan fingerprint density at radius 3 is 2.57 bits per heavy atom. The summed E-state index contributed by atoms with van der Waals surface area (Å²) in [6.45, 7) is 11.2. The molecule has 2 heterocycles. The lowest BCUT2D eigenvalue weighted by Crippen LogP contribution is -2.58. The van der Waals surface area contributed by atoms with Crippen LogP contribution < -0.4 is 5.73 Å². The van der Waals surface area contributed by atoms with Crippen molar-refractivity contribution in [3.05, 3.63) is 0 Å². The van der Waals surface area contributed by atoms with Gasteiger partial charge in [0.15, 0.2) is 0 Å². The van der Waals surface area contributed by atoms with Gasteiger partial charge in [0, 0.05) is 32.2 Å². The smallest absolute Gasteiger partial charge is 0.253 e. The Kier molecular flexibility index (Phi) is 8.50. The maximum atomic E-state index is 12.5. The summed E-state index contributed by atoms with van der Waals surface area (Å²) in [5, 5.41) is 0. The molecule has 5 nitrogen and oxygen atoms in total. The fraction of sp³-hybridized carbons (Fsp3) is 0.929. The number of ether oxygens (including phenoxy) is 1. The standard InChI is InChI=1S/C14H27N3O2.2ClH/c1-4-16-7-8-19-11(9-16)13(18)17-6-5-12(15)14(2,3)10-17;;/h11-12H,4-10,15H2,1-3H3;2*1H. The molecule has 0 aromatic heterocycles. The topological polar surface area (TPSA) is 58.8 Å². The van der Waals surface area contributed by atoms with Crippen molar-refractivity contribution >= 4 is 30.7 Å². The van der Waals surface area contributed by atoms with Crippen LogP contribution in [0.4, 0.5) is 0 Å². The summed E-state index contributed by atoms with van der Waals surface area (Å²) in [4.78, 5) is 16.8. The molecule has 2 N–H and O–H groups in total. The number of carbonyl (C=O) groups excluding carboxylic acids is 1. The summed E-state index contributed by atoms with van der Waals surface area (Å²) in [6, 6.07) is 0.177. The molecule has 0 aromatic carbocycles. The van der Waals surface area contributed by atoms with Crippen LogP contribution in [-0.4, -0.2) is 67.2 Å². The van der Waals surface area contributed by atoms with Crippen LogP contribution >= 0.6 is 24.8 Å². The summed E-state index contributed by atoms with van der Waals surface area (Å²) >= 11 is 0. The van der Waals surface area contributed by atoms with Crippen LogP contribution in [0.3, 0.4) is 0 Å². The number of piperidine rings is 1. The van der Waals surface area contributed by atoms with Gasteiger partial charge in [0.2, 0.25) is 0 Å². The Bertz CT molecular complexity index is 342. The molecule has 2 saturated heterocycles. The molecule has 1 amide bonds. The molecule has 0 radical (unpaired) electrons. The highest BCUT2D eigenvalue weighted by molar-refractivity contribution is 5.85. The Hall–Kier alpha value is -0.0700. The Morgan fingerprint density at radius 1 is 1.33 bits per heavy atom. The van der Waals surface area contributed by atoms with Crippen LogP contribution in [0.5, 0.6) is 0 Å². The average molecular weight is 342 g/mol. The monoisotopic (exact) mass is 341 g/mol. The molecule has 2 unspecified atom stereocenters. The van der Waals surface area contributed by atoms with E-state index < -0.39 is 0 Å². The number of nitrogens with two attached hydrogens (primary N) is 1. The van der Waals surface area contributed by atoms with E-state index in [0.717, 1.165) is 39.1 Å². The predicted octanol–water partition coefficient (Wildman–Crippen LogP) is 1.14. The minimum atomic E-state index is -0.293. The number of halogens is 2. The molecule has 0 aliphatic carbocycles. The molecular formula is C14H29Cl2N3O2. The fourth-order valence-corrected chi connectivity index (χ4v) is 2.90. The minimum absolute atomic E-state index is 0. The SMILES string of the molecule is CCN1CCOC(C(=O)N2CCC(N)C(C)(C)C2)C1.Cl.Cl. The second kappa shape index (κ2) is 8.53. The van der Waals surface area contributed by atoms with Gasteiger partial charge in [0.25, 0.3) is 5.91 Å². The van der Waals surface area contributed by atoms with E-state index in [1.54, 1.807) is 0 Å². The summed E-state index contributed by atoms with van der Waals surface area (Å²) in [5.41, 5.74) is 6.11. The molecule has 0 bridgehead atoms. The number of hydrogen-bond donors (Lipinski definition) is 1. The molecule has 2 rings (SSSR count). The maximum absolute atomic E-state index is 12.5. The van der Waals surface area contributed by atoms with Crippen molar-refractivity contribution in [3.63, 3.8) is 0 Å². The zero-order chi connectivity index (χ0) is 14.0. The van der Waals surface area contributed by atoms with Crippen LogP contribution in [0.2, 0.25) is 0 Å². The Labute approximate surface area is 140 Å². The van der Waals surface area contributed by atoms with E-state index in [1.807, 2.05) is 4.90 Å². The first-order valence-corrected chi connectivity index (χ1v) is 7.32. The molecule has 0 aromatic rings. The summed E-state index contributed by atoms with van der Waals surface area (Å²) in [6.07, 6.45) is 0.585. The third-order valence-corrected chi connectivity index (χ3v) is 4.50. The molecule has 2 atom stereocenters. The van der Waals surface area contributed by atoms with Gasteiger partial charge in [-0.25, -0.2) is 0 Å². The van der Waals surface area contributed by atoms with E-state index in [9.17, 15) is 4.79 Å². The minimum Gasteiger partial charge on any atom is -0.366 e. The highest BCUT2D eigenvalue weighted by Crippen LogP contribution is 2.28. The zero-order valence-corrected chi connectivity index (χ0v) is 14.8. The lowest BCUT2D eigenvalue weighted by Gasteiger charge is -2.44. The van der Waals surface area contributed by atoms with Crippen LogP contribution in [0.25, 0.3) is 0 Å². The van der Waals surface area contributed by atoms with Gasteiger partial charge in [-0.2, -0.15) is 0 Å². The van der Waals surface area contributed by atoms with Crippen molar-refractivity contribution in [1.82, 2.24) is 9.80 Å². The normalized spacial score (nSPS) is 29.2. The second-order valence-corrected chi connectivity index (χ2v) is 6.40. The zero-order valence-electron chi connectivity index (χ0n) is 13.2. The van der Waals surface area contributed by atoms with E-state index in [4.69, 9.17) is 10.5 Å². The van der Waals surface area contributed by atoms with Crippen molar-refractivity contribution < 1.29 is 9.53 Å². The van der Waals surface area contributed by atoms with E-state index in [1.165, 1.54) is 0 Å². The third-order valence-electron chi connectivity index (χ3n) is 4.50. The van der Waals surface area contributed by atoms with Crippen molar-refractivity contribution in [3.8, 4) is 0 Å². The molecule has 2 aliphatic heterocycles. The van der Waals surface area contributed by atoms with Crippen LogP contribution in [0, 0.1) is 5.41 Å². The van der Waals surface area contributed by atoms with Crippen LogP contribution in [0.15, 0.2) is 0 Å². The lowest BCUT2D eigenvalue weighted by atomic mass is 9.79. The first-order chi connectivity index (χ1) is 8.94. The molecule has 7 heteroatoms. The molecule has 126 valence electrons. The molecule has 21 heavy (non-hydrogen) atoms.